The molecule has 0 saturated carbocycles. The van der Waals surface area contributed by atoms with Gasteiger partial charge < -0.3 is 0 Å². The van der Waals surface area contributed by atoms with Crippen molar-refractivity contribution in [3.05, 3.63) is 29.8 Å². The van der Waals surface area contributed by atoms with Crippen LogP contribution in [0.25, 0.3) is 0 Å². The van der Waals surface area contributed by atoms with Crippen LogP contribution < -0.4 is 10.2 Å². The fourth-order valence-electron chi connectivity index (χ4n) is 1.14. The van der Waals surface area contributed by atoms with Gasteiger partial charge in [-0.25, -0.2) is 0 Å². The molecule has 66 valence electrons. The Morgan fingerprint density at radius 2 is 2.08 bits per heavy atom. The van der Waals surface area contributed by atoms with E-state index in [1.807, 2.05) is 6.92 Å². The maximum atomic E-state index is 5.85. The molecule has 0 amide bonds. The van der Waals surface area contributed by atoms with Gasteiger partial charge in [-0.1, -0.05) is 0 Å². The SMILES string of the molecule is CC[Se]c1ccccc1C(C)N. The first-order valence-electron chi connectivity index (χ1n) is 4.23. The van der Waals surface area contributed by atoms with Gasteiger partial charge in [0.2, 0.25) is 0 Å². The standard InChI is InChI=1S/C10H15NSe/c1-3-12-10-7-5-4-6-9(10)8(2)11/h4-8H,3,11H2,1-2H3. The van der Waals surface area contributed by atoms with E-state index < -0.39 is 0 Å². The number of rotatable bonds is 3. The molecule has 1 atom stereocenters. The van der Waals surface area contributed by atoms with Crippen LogP contribution in [0.4, 0.5) is 0 Å². The number of nitrogens with two attached hydrogens (primary N) is 1. The number of hydrogen-bond acceptors (Lipinski definition) is 1. The van der Waals surface area contributed by atoms with Crippen molar-refractivity contribution in [3.8, 4) is 0 Å². The molecule has 1 nitrogen and oxygen atoms in total. The molecular formula is C10H15NSe. The second-order valence-corrected chi connectivity index (χ2v) is 5.50. The third-order valence-electron chi connectivity index (χ3n) is 1.71. The second kappa shape index (κ2) is 4.66. The first kappa shape index (κ1) is 9.78. The van der Waals surface area contributed by atoms with E-state index in [1.165, 1.54) is 15.3 Å². The molecule has 0 bridgehead atoms. The van der Waals surface area contributed by atoms with E-state index in [1.54, 1.807) is 0 Å². The average Bonchev–Trinajstić information content (AvgIpc) is 2.05. The van der Waals surface area contributed by atoms with E-state index in [0.717, 1.165) is 0 Å². The summed E-state index contributed by atoms with van der Waals surface area (Å²) in [7, 11) is 0. The molecule has 2 N–H and O–H groups in total. The first-order chi connectivity index (χ1) is 5.75. The molecule has 0 aliphatic carbocycles. The van der Waals surface area contributed by atoms with Crippen molar-refractivity contribution in [2.24, 2.45) is 5.73 Å². The molecule has 0 radical (unpaired) electrons. The molecule has 0 aliphatic heterocycles. The predicted molar refractivity (Wildman–Crippen MR) is 54.9 cm³/mol. The van der Waals surface area contributed by atoms with Gasteiger partial charge in [-0.2, -0.15) is 0 Å². The van der Waals surface area contributed by atoms with Gasteiger partial charge in [0.05, 0.1) is 0 Å². The van der Waals surface area contributed by atoms with Crippen LogP contribution in [0, 0.1) is 0 Å². The van der Waals surface area contributed by atoms with Crippen molar-refractivity contribution in [3.63, 3.8) is 0 Å². The monoisotopic (exact) mass is 229 g/mol. The summed E-state index contributed by atoms with van der Waals surface area (Å²) in [4.78, 5) is 0. The number of hydrogen-bond donors (Lipinski definition) is 1. The summed E-state index contributed by atoms with van der Waals surface area (Å²) in [6.07, 6.45) is 0. The van der Waals surface area contributed by atoms with Crippen LogP contribution in [0.3, 0.4) is 0 Å². The van der Waals surface area contributed by atoms with Crippen molar-refractivity contribution in [2.75, 3.05) is 0 Å². The summed E-state index contributed by atoms with van der Waals surface area (Å²) in [5, 5.41) is 1.25. The van der Waals surface area contributed by atoms with Crippen molar-refractivity contribution >= 4 is 19.4 Å². The molecular weight excluding hydrogens is 213 g/mol. The van der Waals surface area contributed by atoms with E-state index in [4.69, 9.17) is 5.73 Å². The van der Waals surface area contributed by atoms with E-state index in [0.29, 0.717) is 15.0 Å². The van der Waals surface area contributed by atoms with Gasteiger partial charge in [0.25, 0.3) is 0 Å². The topological polar surface area (TPSA) is 26.0 Å². The first-order valence-corrected chi connectivity index (χ1v) is 6.29. The Hall–Kier alpha value is -0.301. The zero-order valence-corrected chi connectivity index (χ0v) is 9.29. The summed E-state index contributed by atoms with van der Waals surface area (Å²) in [5.74, 6) is 0. The summed E-state index contributed by atoms with van der Waals surface area (Å²) in [6.45, 7) is 4.27. The molecule has 0 aromatic heterocycles. The third kappa shape index (κ3) is 2.34. The fourth-order valence-corrected chi connectivity index (χ4v) is 3.05. The molecule has 0 fully saturated rings. The van der Waals surface area contributed by atoms with Crippen LogP contribution in [-0.2, 0) is 0 Å². The van der Waals surface area contributed by atoms with E-state index in [-0.39, 0.29) is 6.04 Å². The Balaban J connectivity index is 2.92. The van der Waals surface area contributed by atoms with E-state index >= 15 is 0 Å². The average molecular weight is 228 g/mol. The van der Waals surface area contributed by atoms with Gasteiger partial charge in [0.15, 0.2) is 0 Å². The minimum absolute atomic E-state index is 0.176. The minimum atomic E-state index is 0.176. The molecule has 0 heterocycles. The third-order valence-corrected chi connectivity index (χ3v) is 3.75. The second-order valence-electron chi connectivity index (χ2n) is 2.76. The Kier molecular flexibility index (Phi) is 3.80. The predicted octanol–water partition coefficient (Wildman–Crippen LogP) is 1.47. The summed E-state index contributed by atoms with van der Waals surface area (Å²) in [6, 6.07) is 8.67. The van der Waals surface area contributed by atoms with Gasteiger partial charge in [0, 0.05) is 0 Å². The molecule has 0 saturated heterocycles. The summed E-state index contributed by atoms with van der Waals surface area (Å²) in [5.41, 5.74) is 7.17. The Bertz CT molecular complexity index is 245. The van der Waals surface area contributed by atoms with Gasteiger partial charge >= 0.3 is 80.2 Å². The zero-order chi connectivity index (χ0) is 8.97. The molecule has 2 heteroatoms. The van der Waals surface area contributed by atoms with Crippen molar-refractivity contribution in [1.29, 1.82) is 0 Å². The summed E-state index contributed by atoms with van der Waals surface area (Å²) >= 11 is 0.601. The number of benzene rings is 1. The Labute approximate surface area is 80.5 Å². The van der Waals surface area contributed by atoms with E-state index in [2.05, 4.69) is 31.2 Å². The van der Waals surface area contributed by atoms with Crippen molar-refractivity contribution in [1.82, 2.24) is 0 Å². The summed E-state index contributed by atoms with van der Waals surface area (Å²) < 4.78 is 1.46. The quantitative estimate of drug-likeness (QED) is 0.779. The Morgan fingerprint density at radius 1 is 1.42 bits per heavy atom. The van der Waals surface area contributed by atoms with Crippen molar-refractivity contribution in [2.45, 2.75) is 25.2 Å². The van der Waals surface area contributed by atoms with Gasteiger partial charge in [0.1, 0.15) is 0 Å². The molecule has 0 spiro atoms. The zero-order valence-electron chi connectivity index (χ0n) is 7.58. The maximum absolute atomic E-state index is 5.85. The molecule has 1 rings (SSSR count). The fraction of sp³-hybridized carbons (Fsp3) is 0.400. The normalized spacial score (nSPS) is 12.9. The van der Waals surface area contributed by atoms with Crippen molar-refractivity contribution < 1.29 is 0 Å². The van der Waals surface area contributed by atoms with Gasteiger partial charge in [-0.15, -0.1) is 0 Å². The van der Waals surface area contributed by atoms with Crippen LogP contribution in [0.5, 0.6) is 0 Å². The molecule has 12 heavy (non-hydrogen) atoms. The van der Waals surface area contributed by atoms with Crippen LogP contribution in [-0.4, -0.2) is 15.0 Å². The van der Waals surface area contributed by atoms with Crippen LogP contribution in [0.1, 0.15) is 25.5 Å². The van der Waals surface area contributed by atoms with Gasteiger partial charge in [-0.3, -0.25) is 0 Å². The van der Waals surface area contributed by atoms with Gasteiger partial charge in [-0.05, 0) is 0 Å². The molecule has 1 aromatic carbocycles. The molecule has 0 aliphatic rings. The Morgan fingerprint density at radius 3 is 2.67 bits per heavy atom. The van der Waals surface area contributed by atoms with Crippen LogP contribution >= 0.6 is 0 Å². The molecule has 1 aromatic rings. The van der Waals surface area contributed by atoms with Crippen LogP contribution in [0.15, 0.2) is 24.3 Å². The van der Waals surface area contributed by atoms with E-state index in [9.17, 15) is 0 Å². The van der Waals surface area contributed by atoms with Crippen LogP contribution in [0.2, 0.25) is 5.32 Å². The molecule has 1 unspecified atom stereocenters.